The molecule has 0 heterocycles. The molecule has 2 atom stereocenters. The third-order valence-corrected chi connectivity index (χ3v) is 3.07. The van der Waals surface area contributed by atoms with E-state index < -0.39 is 0 Å². The first-order chi connectivity index (χ1) is 8.85. The second-order valence-electron chi connectivity index (χ2n) is 4.26. The van der Waals surface area contributed by atoms with Crippen molar-refractivity contribution in [3.63, 3.8) is 0 Å². The Morgan fingerprint density at radius 2 is 1.28 bits per heavy atom. The van der Waals surface area contributed by atoms with Gasteiger partial charge in [-0.15, -0.1) is 12.8 Å². The molecular weight excluding hydrogens is 216 g/mol. The van der Waals surface area contributed by atoms with E-state index in [4.69, 9.17) is 12.8 Å². The molecule has 0 aromatic heterocycles. The van der Waals surface area contributed by atoms with Crippen LogP contribution in [0.3, 0.4) is 0 Å². The zero-order chi connectivity index (χ0) is 12.8. The lowest BCUT2D eigenvalue weighted by molar-refractivity contribution is 0.815. The maximum atomic E-state index is 5.51. The zero-order valence-corrected chi connectivity index (χ0v) is 10.2. The third-order valence-electron chi connectivity index (χ3n) is 3.07. The molecule has 0 nitrogen and oxygen atoms in total. The number of hydrogen-bond donors (Lipinski definition) is 0. The van der Waals surface area contributed by atoms with Crippen LogP contribution in [-0.2, 0) is 0 Å². The Kier molecular flexibility index (Phi) is 3.91. The van der Waals surface area contributed by atoms with Crippen LogP contribution in [0.25, 0.3) is 0 Å². The first-order valence-electron chi connectivity index (χ1n) is 6.03. The molecule has 0 aliphatic heterocycles. The van der Waals surface area contributed by atoms with E-state index in [1.165, 1.54) is 0 Å². The van der Waals surface area contributed by atoms with Crippen molar-refractivity contribution in [1.29, 1.82) is 0 Å². The fraction of sp³-hybridized carbons (Fsp3) is 0.222. The molecule has 0 heteroatoms. The average Bonchev–Trinajstić information content (AvgIpc) is 2.45. The summed E-state index contributed by atoms with van der Waals surface area (Å²) in [6, 6.07) is 0. The van der Waals surface area contributed by atoms with E-state index in [1.54, 1.807) is 0 Å². The Hall–Kier alpha value is -2.36. The standard InChI is InChI=1S/C18H14/c1-3-15-9-5-7-11-17(15)13-14-18-12-8-6-10-16(18)4-2/h1-2,5-8,11-12,15-16H,9-10H2. The zero-order valence-electron chi connectivity index (χ0n) is 10.2. The van der Waals surface area contributed by atoms with Gasteiger partial charge in [-0.2, -0.15) is 0 Å². The molecule has 2 rings (SSSR count). The molecule has 0 saturated carbocycles. The highest BCUT2D eigenvalue weighted by Gasteiger charge is 2.12. The summed E-state index contributed by atoms with van der Waals surface area (Å²) >= 11 is 0. The summed E-state index contributed by atoms with van der Waals surface area (Å²) < 4.78 is 0. The van der Waals surface area contributed by atoms with Crippen LogP contribution in [0.1, 0.15) is 12.8 Å². The Bertz CT molecular complexity index is 531. The molecule has 0 saturated heterocycles. The Balaban J connectivity index is 2.22. The second-order valence-corrected chi connectivity index (χ2v) is 4.26. The SMILES string of the molecule is C#CC1CC=CC=C1C#CC1=CC=CCC1C#C. The smallest absolute Gasteiger partial charge is 0.0563 e. The van der Waals surface area contributed by atoms with Crippen LogP contribution < -0.4 is 0 Å². The van der Waals surface area contributed by atoms with E-state index in [9.17, 15) is 0 Å². The molecule has 2 aliphatic rings. The summed E-state index contributed by atoms with van der Waals surface area (Å²) in [5.41, 5.74) is 2.01. The Morgan fingerprint density at radius 3 is 1.67 bits per heavy atom. The van der Waals surface area contributed by atoms with Gasteiger partial charge in [-0.1, -0.05) is 48.0 Å². The van der Waals surface area contributed by atoms with Crippen molar-refractivity contribution in [3.8, 4) is 36.5 Å². The summed E-state index contributed by atoms with van der Waals surface area (Å²) in [5.74, 6) is 12.1. The quantitative estimate of drug-likeness (QED) is 0.560. The lowest BCUT2D eigenvalue weighted by atomic mass is 9.90. The van der Waals surface area contributed by atoms with Crippen molar-refractivity contribution in [1.82, 2.24) is 0 Å². The molecule has 0 bridgehead atoms. The molecule has 2 unspecified atom stereocenters. The number of terminal acetylenes is 2. The van der Waals surface area contributed by atoms with Gasteiger partial charge in [-0.05, 0) is 25.0 Å². The minimum atomic E-state index is 0.103. The molecule has 0 amide bonds. The summed E-state index contributed by atoms with van der Waals surface area (Å²) in [7, 11) is 0. The molecule has 0 spiro atoms. The Morgan fingerprint density at radius 1 is 0.833 bits per heavy atom. The topological polar surface area (TPSA) is 0 Å². The first-order valence-corrected chi connectivity index (χ1v) is 6.03. The van der Waals surface area contributed by atoms with Gasteiger partial charge >= 0.3 is 0 Å². The normalized spacial score (nSPS) is 25.0. The van der Waals surface area contributed by atoms with Crippen molar-refractivity contribution >= 4 is 0 Å². The van der Waals surface area contributed by atoms with Crippen LogP contribution in [0.15, 0.2) is 47.6 Å². The molecule has 0 radical (unpaired) electrons. The molecule has 2 aliphatic carbocycles. The maximum Gasteiger partial charge on any atom is 0.0563 e. The van der Waals surface area contributed by atoms with Gasteiger partial charge in [0, 0.05) is 11.1 Å². The number of hydrogen-bond acceptors (Lipinski definition) is 0. The Labute approximate surface area is 109 Å². The van der Waals surface area contributed by atoms with Gasteiger partial charge in [-0.25, -0.2) is 0 Å². The first kappa shape index (κ1) is 12.1. The average molecular weight is 230 g/mol. The van der Waals surface area contributed by atoms with Crippen molar-refractivity contribution in [2.75, 3.05) is 0 Å². The summed E-state index contributed by atoms with van der Waals surface area (Å²) in [6.45, 7) is 0. The number of rotatable bonds is 0. The minimum absolute atomic E-state index is 0.103. The van der Waals surface area contributed by atoms with E-state index in [2.05, 4.69) is 35.8 Å². The van der Waals surface area contributed by atoms with Crippen molar-refractivity contribution in [2.45, 2.75) is 12.8 Å². The summed E-state index contributed by atoms with van der Waals surface area (Å²) in [6.07, 6.45) is 24.9. The maximum absolute atomic E-state index is 5.51. The lowest BCUT2D eigenvalue weighted by Crippen LogP contribution is -2.04. The van der Waals surface area contributed by atoms with Crippen LogP contribution >= 0.6 is 0 Å². The molecular formula is C18H14. The molecule has 86 valence electrons. The second kappa shape index (κ2) is 5.82. The van der Waals surface area contributed by atoms with E-state index in [1.807, 2.05) is 24.3 Å². The predicted octanol–water partition coefficient (Wildman–Crippen LogP) is 3.26. The molecule has 0 N–H and O–H groups in total. The van der Waals surface area contributed by atoms with Gasteiger partial charge in [0.05, 0.1) is 11.8 Å². The van der Waals surface area contributed by atoms with Crippen molar-refractivity contribution < 1.29 is 0 Å². The van der Waals surface area contributed by atoms with Crippen LogP contribution in [0.2, 0.25) is 0 Å². The van der Waals surface area contributed by atoms with E-state index >= 15 is 0 Å². The lowest BCUT2D eigenvalue weighted by Gasteiger charge is -2.12. The molecule has 0 aromatic carbocycles. The van der Waals surface area contributed by atoms with Crippen LogP contribution in [-0.4, -0.2) is 0 Å². The van der Waals surface area contributed by atoms with Crippen LogP contribution in [0, 0.1) is 48.4 Å². The van der Waals surface area contributed by atoms with Gasteiger partial charge in [0.1, 0.15) is 0 Å². The molecule has 0 aromatic rings. The molecule has 0 fully saturated rings. The van der Waals surface area contributed by atoms with Gasteiger partial charge in [0.25, 0.3) is 0 Å². The van der Waals surface area contributed by atoms with Crippen molar-refractivity contribution in [3.05, 3.63) is 47.6 Å². The third kappa shape index (κ3) is 2.66. The minimum Gasteiger partial charge on any atom is -0.119 e. The van der Waals surface area contributed by atoms with E-state index in [0.717, 1.165) is 24.0 Å². The predicted molar refractivity (Wildman–Crippen MR) is 76.1 cm³/mol. The number of allylic oxidation sites excluding steroid dienone is 8. The largest absolute Gasteiger partial charge is 0.119 e. The van der Waals surface area contributed by atoms with Crippen LogP contribution in [0.4, 0.5) is 0 Å². The van der Waals surface area contributed by atoms with E-state index in [0.29, 0.717) is 0 Å². The van der Waals surface area contributed by atoms with Gasteiger partial charge in [0.2, 0.25) is 0 Å². The summed E-state index contributed by atoms with van der Waals surface area (Å²) in [5, 5.41) is 0. The highest BCUT2D eigenvalue weighted by molar-refractivity contribution is 5.48. The van der Waals surface area contributed by atoms with E-state index in [-0.39, 0.29) is 11.8 Å². The fourth-order valence-electron chi connectivity index (χ4n) is 1.98. The van der Waals surface area contributed by atoms with Gasteiger partial charge in [0.15, 0.2) is 0 Å². The monoisotopic (exact) mass is 230 g/mol. The summed E-state index contributed by atoms with van der Waals surface area (Å²) in [4.78, 5) is 0. The van der Waals surface area contributed by atoms with Crippen LogP contribution in [0.5, 0.6) is 0 Å². The fourth-order valence-corrected chi connectivity index (χ4v) is 1.98. The van der Waals surface area contributed by atoms with Gasteiger partial charge < -0.3 is 0 Å². The highest BCUT2D eigenvalue weighted by atomic mass is 14.1. The highest BCUT2D eigenvalue weighted by Crippen LogP contribution is 2.21. The van der Waals surface area contributed by atoms with Gasteiger partial charge in [-0.3, -0.25) is 0 Å². The van der Waals surface area contributed by atoms with Crippen molar-refractivity contribution in [2.24, 2.45) is 11.8 Å². The molecule has 18 heavy (non-hydrogen) atoms.